The Morgan fingerprint density at radius 3 is 2.58 bits per heavy atom. The summed E-state index contributed by atoms with van der Waals surface area (Å²) in [5, 5.41) is 9.54. The van der Waals surface area contributed by atoms with E-state index in [1.165, 1.54) is 0 Å². The van der Waals surface area contributed by atoms with E-state index in [0.29, 0.717) is 17.8 Å². The molecule has 0 saturated heterocycles. The number of ether oxygens (including phenoxy) is 2. The van der Waals surface area contributed by atoms with Crippen molar-refractivity contribution in [3.8, 4) is 6.07 Å². The van der Waals surface area contributed by atoms with Gasteiger partial charge in [0, 0.05) is 10.9 Å². The normalized spacial score (nSPS) is 17.3. The fourth-order valence-electron chi connectivity index (χ4n) is 2.65. The number of halogens is 1. The number of nitrogens with two attached hydrogens (primary N) is 1. The topological polar surface area (TPSA) is 85.3 Å². The predicted octanol–water partition coefficient (Wildman–Crippen LogP) is 3.87. The Morgan fingerprint density at radius 1 is 1.38 bits per heavy atom. The minimum absolute atomic E-state index is 0.0434. The first-order valence-electron chi connectivity index (χ1n) is 7.76. The summed E-state index contributed by atoms with van der Waals surface area (Å²) >= 11 is 3.39. The number of hydrogen-bond donors (Lipinski definition) is 1. The second kappa shape index (κ2) is 8.02. The van der Waals surface area contributed by atoms with Gasteiger partial charge < -0.3 is 15.2 Å². The number of nitrogens with zero attached hydrogens (tertiary/aromatic N) is 1. The zero-order chi connectivity index (χ0) is 17.7. The molecule has 1 aliphatic rings. The number of rotatable bonds is 5. The van der Waals surface area contributed by atoms with Crippen LogP contribution in [-0.4, -0.2) is 12.6 Å². The molecule has 0 fully saturated rings. The number of carbonyl (C=O) groups excluding carboxylic acids is 1. The van der Waals surface area contributed by atoms with Gasteiger partial charge in [0.25, 0.3) is 0 Å². The van der Waals surface area contributed by atoms with Gasteiger partial charge in [0.2, 0.25) is 5.88 Å². The van der Waals surface area contributed by atoms with Gasteiger partial charge in [-0.3, -0.25) is 0 Å². The average Bonchev–Trinajstić information content (AvgIpc) is 2.55. The summed E-state index contributed by atoms with van der Waals surface area (Å²) in [6.07, 6.45) is 1.32. The molecule has 1 aliphatic heterocycles. The zero-order valence-corrected chi connectivity index (χ0v) is 15.2. The molecule has 1 aromatic carbocycles. The van der Waals surface area contributed by atoms with Crippen molar-refractivity contribution in [3.63, 3.8) is 0 Å². The van der Waals surface area contributed by atoms with Crippen LogP contribution in [0.4, 0.5) is 0 Å². The van der Waals surface area contributed by atoms with Crippen molar-refractivity contribution in [2.45, 2.75) is 32.6 Å². The molecule has 0 bridgehead atoms. The molecule has 126 valence electrons. The third-order valence-electron chi connectivity index (χ3n) is 3.67. The molecule has 1 heterocycles. The van der Waals surface area contributed by atoms with Crippen molar-refractivity contribution in [2.75, 3.05) is 6.61 Å². The van der Waals surface area contributed by atoms with Gasteiger partial charge in [-0.05, 0) is 31.0 Å². The van der Waals surface area contributed by atoms with E-state index in [-0.39, 0.29) is 18.1 Å². The summed E-state index contributed by atoms with van der Waals surface area (Å²) in [6.45, 7) is 3.97. The van der Waals surface area contributed by atoms with Crippen molar-refractivity contribution in [1.82, 2.24) is 0 Å². The summed E-state index contributed by atoms with van der Waals surface area (Å²) in [7, 11) is 0. The van der Waals surface area contributed by atoms with Crippen LogP contribution in [0.5, 0.6) is 0 Å². The molecule has 0 amide bonds. The van der Waals surface area contributed by atoms with Crippen LogP contribution < -0.4 is 5.73 Å². The van der Waals surface area contributed by atoms with Gasteiger partial charge in [-0.25, -0.2) is 4.79 Å². The lowest BCUT2D eigenvalue weighted by Crippen LogP contribution is -2.26. The number of benzene rings is 1. The quantitative estimate of drug-likeness (QED) is 0.770. The molecule has 2 N–H and O–H groups in total. The molecule has 1 atom stereocenters. The van der Waals surface area contributed by atoms with E-state index in [1.54, 1.807) is 6.92 Å². The Labute approximate surface area is 149 Å². The fourth-order valence-corrected chi connectivity index (χ4v) is 2.92. The van der Waals surface area contributed by atoms with E-state index in [2.05, 4.69) is 22.0 Å². The highest BCUT2D eigenvalue weighted by atomic mass is 79.9. The molecule has 5 nitrogen and oxygen atoms in total. The molecule has 0 aliphatic carbocycles. The van der Waals surface area contributed by atoms with Crippen molar-refractivity contribution in [1.29, 1.82) is 5.26 Å². The summed E-state index contributed by atoms with van der Waals surface area (Å²) < 4.78 is 11.7. The molecule has 2 rings (SSSR count). The Kier molecular flexibility index (Phi) is 6.04. The maximum absolute atomic E-state index is 12.6. The van der Waals surface area contributed by atoms with Gasteiger partial charge >= 0.3 is 5.97 Å². The van der Waals surface area contributed by atoms with E-state index >= 15 is 0 Å². The molecule has 0 unspecified atom stereocenters. The molecule has 0 aromatic heterocycles. The Morgan fingerprint density at radius 2 is 2.04 bits per heavy atom. The molecular formula is C18H19BrN2O3. The predicted molar refractivity (Wildman–Crippen MR) is 93.4 cm³/mol. The average molecular weight is 391 g/mol. The number of carbonyl (C=O) groups is 1. The maximum atomic E-state index is 12.6. The number of nitriles is 1. The minimum atomic E-state index is -0.586. The van der Waals surface area contributed by atoms with E-state index in [0.717, 1.165) is 16.5 Å². The van der Waals surface area contributed by atoms with Crippen LogP contribution in [0.2, 0.25) is 0 Å². The van der Waals surface area contributed by atoms with Crippen LogP contribution in [0.25, 0.3) is 0 Å². The molecule has 1 aromatic rings. The van der Waals surface area contributed by atoms with Crippen LogP contribution in [0.15, 0.2) is 51.5 Å². The SMILES string of the molecule is CCCC1=C(C(=O)OCC)[C@H](c2ccc(Br)cc2)C(C#N)=C(N)O1. The molecule has 0 spiro atoms. The second-order valence-corrected chi connectivity index (χ2v) is 6.20. The first-order chi connectivity index (χ1) is 11.5. The van der Waals surface area contributed by atoms with Crippen molar-refractivity contribution < 1.29 is 14.3 Å². The third kappa shape index (κ3) is 3.62. The maximum Gasteiger partial charge on any atom is 0.338 e. The number of allylic oxidation sites excluding steroid dienone is 2. The molecular weight excluding hydrogens is 372 g/mol. The Hall–Kier alpha value is -2.26. The summed E-state index contributed by atoms with van der Waals surface area (Å²) in [5.41, 5.74) is 7.31. The van der Waals surface area contributed by atoms with Crippen LogP contribution >= 0.6 is 15.9 Å². The Bertz CT molecular complexity index is 730. The van der Waals surface area contributed by atoms with Gasteiger partial charge in [0.15, 0.2) is 0 Å². The lowest BCUT2D eigenvalue weighted by molar-refractivity contribution is -0.139. The van der Waals surface area contributed by atoms with Crippen molar-refractivity contribution in [3.05, 3.63) is 57.1 Å². The summed E-state index contributed by atoms with van der Waals surface area (Å²) in [4.78, 5) is 12.6. The van der Waals surface area contributed by atoms with Crippen LogP contribution in [-0.2, 0) is 14.3 Å². The van der Waals surface area contributed by atoms with Crippen molar-refractivity contribution in [2.24, 2.45) is 5.73 Å². The standard InChI is InChI=1S/C18H19BrN2O3/c1-3-5-14-16(18(22)23-4-2)15(13(10-20)17(21)24-14)11-6-8-12(19)9-7-11/h6-9,15H,3-5,21H2,1-2H3/t15-/m1/s1. The van der Waals surface area contributed by atoms with Crippen LogP contribution in [0.1, 0.15) is 38.2 Å². The first-order valence-corrected chi connectivity index (χ1v) is 8.55. The number of hydrogen-bond acceptors (Lipinski definition) is 5. The highest BCUT2D eigenvalue weighted by Gasteiger charge is 2.37. The molecule has 24 heavy (non-hydrogen) atoms. The van der Waals surface area contributed by atoms with Gasteiger partial charge in [-0.2, -0.15) is 5.26 Å². The van der Waals surface area contributed by atoms with Gasteiger partial charge in [0.1, 0.15) is 17.4 Å². The molecule has 0 radical (unpaired) electrons. The van der Waals surface area contributed by atoms with Crippen LogP contribution in [0.3, 0.4) is 0 Å². The van der Waals surface area contributed by atoms with Gasteiger partial charge in [-0.15, -0.1) is 0 Å². The lowest BCUT2D eigenvalue weighted by atomic mass is 9.82. The van der Waals surface area contributed by atoms with Gasteiger partial charge in [0.05, 0.1) is 18.1 Å². The third-order valence-corrected chi connectivity index (χ3v) is 4.20. The minimum Gasteiger partial charge on any atom is -0.463 e. The molecule has 0 saturated carbocycles. The lowest BCUT2D eigenvalue weighted by Gasteiger charge is -2.28. The van der Waals surface area contributed by atoms with Crippen molar-refractivity contribution >= 4 is 21.9 Å². The van der Waals surface area contributed by atoms with Crippen LogP contribution in [0, 0.1) is 11.3 Å². The second-order valence-electron chi connectivity index (χ2n) is 5.28. The summed E-state index contributed by atoms with van der Waals surface area (Å²) in [5.74, 6) is -0.547. The molecule has 6 heteroatoms. The smallest absolute Gasteiger partial charge is 0.338 e. The summed E-state index contributed by atoms with van der Waals surface area (Å²) in [6, 6.07) is 9.51. The fraction of sp³-hybridized carbons (Fsp3) is 0.333. The first kappa shape index (κ1) is 18.1. The highest BCUT2D eigenvalue weighted by Crippen LogP contribution is 2.41. The highest BCUT2D eigenvalue weighted by molar-refractivity contribution is 9.10. The van der Waals surface area contributed by atoms with Gasteiger partial charge in [-0.1, -0.05) is 35.0 Å². The van der Waals surface area contributed by atoms with E-state index in [9.17, 15) is 10.1 Å². The monoisotopic (exact) mass is 390 g/mol. The Balaban J connectivity index is 2.63. The largest absolute Gasteiger partial charge is 0.463 e. The van der Waals surface area contributed by atoms with E-state index in [4.69, 9.17) is 15.2 Å². The van der Waals surface area contributed by atoms with E-state index in [1.807, 2.05) is 31.2 Å². The zero-order valence-electron chi connectivity index (χ0n) is 13.6. The number of esters is 1. The van der Waals surface area contributed by atoms with E-state index < -0.39 is 11.9 Å².